The topological polar surface area (TPSA) is 80.5 Å². The summed E-state index contributed by atoms with van der Waals surface area (Å²) in [5, 5.41) is 9.33. The number of aromatic nitrogens is 2. The van der Waals surface area contributed by atoms with Gasteiger partial charge in [0.15, 0.2) is 0 Å². The molecule has 1 N–H and O–H groups in total. The van der Waals surface area contributed by atoms with Crippen molar-refractivity contribution in [2.45, 2.75) is 40.2 Å². The number of aryl methyl sites for hydroxylation is 2. The molecule has 1 aliphatic heterocycles. The Kier molecular flexibility index (Phi) is 6.72. The van der Waals surface area contributed by atoms with Crippen LogP contribution < -0.4 is 5.32 Å². The number of allylic oxidation sites excluding steroid dienone is 1. The van der Waals surface area contributed by atoms with Crippen molar-refractivity contribution in [1.82, 2.24) is 20.4 Å². The third-order valence-electron chi connectivity index (χ3n) is 5.73. The molecule has 32 heavy (non-hydrogen) atoms. The first-order chi connectivity index (χ1) is 15.5. The van der Waals surface area contributed by atoms with Gasteiger partial charge in [-0.2, -0.15) is 4.98 Å². The van der Waals surface area contributed by atoms with Gasteiger partial charge in [-0.3, -0.25) is 4.90 Å². The zero-order valence-electron chi connectivity index (χ0n) is 18.8. The number of thiophene rings is 1. The molecule has 0 saturated heterocycles. The van der Waals surface area contributed by atoms with Crippen LogP contribution in [0.2, 0.25) is 0 Å². The summed E-state index contributed by atoms with van der Waals surface area (Å²) < 4.78 is 11.2. The van der Waals surface area contributed by atoms with E-state index < -0.39 is 0 Å². The maximum atomic E-state index is 13.0. The first-order valence-corrected chi connectivity index (χ1v) is 11.7. The van der Waals surface area contributed by atoms with Crippen molar-refractivity contribution in [2.24, 2.45) is 0 Å². The molecule has 1 unspecified atom stereocenters. The Labute approximate surface area is 192 Å². The molecule has 2 aromatic heterocycles. The van der Waals surface area contributed by atoms with E-state index in [4.69, 9.17) is 9.26 Å². The molecule has 3 heterocycles. The number of nitrogens with zero attached hydrogens (tertiary/aromatic N) is 3. The normalized spacial score (nSPS) is 16.6. The van der Waals surface area contributed by atoms with Crippen LogP contribution in [0.15, 0.2) is 45.9 Å². The van der Waals surface area contributed by atoms with Crippen LogP contribution in [0.4, 0.5) is 4.79 Å². The van der Waals surface area contributed by atoms with Crippen LogP contribution in [0.5, 0.6) is 0 Å². The number of nitrogens with one attached hydrogen (secondary N) is 1. The Balaban J connectivity index is 1.75. The standard InChI is InChI=1S/C24H28N4O3S/c1-5-30-12-7-11-28-17(4)20(23-26-22(27-31-23)19-8-6-13-32-19)21(25-24(28)29)18-10-9-15(2)16(3)14-18/h6,8-10,13-14,21H,5,7,11-12H2,1-4H3,(H,25,29). The highest BCUT2D eigenvalue weighted by atomic mass is 32.1. The Hall–Kier alpha value is -2.97. The molecule has 1 atom stereocenters. The highest BCUT2D eigenvalue weighted by Gasteiger charge is 2.35. The number of urea groups is 1. The summed E-state index contributed by atoms with van der Waals surface area (Å²) in [6, 6.07) is 9.63. The highest BCUT2D eigenvalue weighted by molar-refractivity contribution is 7.13. The SMILES string of the molecule is CCOCCCN1C(=O)NC(c2ccc(C)c(C)c2)C(c2nc(-c3cccs3)no2)=C1C. The third kappa shape index (κ3) is 4.47. The summed E-state index contributed by atoms with van der Waals surface area (Å²) in [4.78, 5) is 20.4. The minimum absolute atomic E-state index is 0.135. The van der Waals surface area contributed by atoms with Gasteiger partial charge in [0.2, 0.25) is 5.82 Å². The molecule has 0 fully saturated rings. The zero-order valence-corrected chi connectivity index (χ0v) is 19.7. The van der Waals surface area contributed by atoms with Crippen molar-refractivity contribution in [1.29, 1.82) is 0 Å². The second-order valence-corrected chi connectivity index (χ2v) is 8.78. The van der Waals surface area contributed by atoms with Gasteiger partial charge in [-0.05, 0) is 62.3 Å². The van der Waals surface area contributed by atoms with Gasteiger partial charge in [-0.25, -0.2) is 4.79 Å². The maximum Gasteiger partial charge on any atom is 0.322 e. The monoisotopic (exact) mass is 452 g/mol. The van der Waals surface area contributed by atoms with Crippen LogP contribution in [-0.4, -0.2) is 40.8 Å². The molecular weight excluding hydrogens is 424 g/mol. The molecule has 0 spiro atoms. The van der Waals surface area contributed by atoms with E-state index in [0.29, 0.717) is 31.5 Å². The predicted molar refractivity (Wildman–Crippen MR) is 125 cm³/mol. The molecule has 0 saturated carbocycles. The minimum Gasteiger partial charge on any atom is -0.382 e. The number of carbonyl (C=O) groups is 1. The highest BCUT2D eigenvalue weighted by Crippen LogP contribution is 2.38. The average Bonchev–Trinajstić information content (AvgIpc) is 3.46. The second kappa shape index (κ2) is 9.67. The lowest BCUT2D eigenvalue weighted by atomic mass is 9.92. The smallest absolute Gasteiger partial charge is 0.322 e. The summed E-state index contributed by atoms with van der Waals surface area (Å²) in [6.07, 6.45) is 0.741. The van der Waals surface area contributed by atoms with Crippen molar-refractivity contribution in [3.05, 3.63) is 64.0 Å². The fraction of sp³-hybridized carbons (Fsp3) is 0.375. The maximum absolute atomic E-state index is 13.0. The fourth-order valence-electron chi connectivity index (χ4n) is 3.83. The number of benzene rings is 1. The van der Waals surface area contributed by atoms with Gasteiger partial charge in [0.05, 0.1) is 16.5 Å². The molecule has 7 nitrogen and oxygen atoms in total. The first-order valence-electron chi connectivity index (χ1n) is 10.8. The number of ether oxygens (including phenoxy) is 1. The quantitative estimate of drug-likeness (QED) is 0.467. The van der Waals surface area contributed by atoms with Gasteiger partial charge in [-0.1, -0.05) is 29.4 Å². The zero-order chi connectivity index (χ0) is 22.7. The molecule has 3 aromatic rings. The Morgan fingerprint density at radius 1 is 1.22 bits per heavy atom. The van der Waals surface area contributed by atoms with E-state index in [2.05, 4.69) is 41.4 Å². The van der Waals surface area contributed by atoms with E-state index in [0.717, 1.165) is 33.7 Å². The summed E-state index contributed by atoms with van der Waals surface area (Å²) in [5.41, 5.74) is 4.99. The second-order valence-electron chi connectivity index (χ2n) is 7.83. The van der Waals surface area contributed by atoms with Crippen molar-refractivity contribution >= 4 is 22.9 Å². The molecular formula is C24H28N4O3S. The Morgan fingerprint density at radius 3 is 2.78 bits per heavy atom. The van der Waals surface area contributed by atoms with Crippen LogP contribution in [0.25, 0.3) is 16.3 Å². The molecule has 2 amide bonds. The molecule has 0 radical (unpaired) electrons. The van der Waals surface area contributed by atoms with Crippen LogP contribution >= 0.6 is 11.3 Å². The lowest BCUT2D eigenvalue weighted by Crippen LogP contribution is -2.46. The number of rotatable bonds is 8. The van der Waals surface area contributed by atoms with Crippen molar-refractivity contribution in [3.8, 4) is 10.7 Å². The van der Waals surface area contributed by atoms with E-state index >= 15 is 0 Å². The largest absolute Gasteiger partial charge is 0.382 e. The minimum atomic E-state index is -0.374. The molecule has 4 rings (SSSR count). The van der Waals surface area contributed by atoms with Gasteiger partial charge in [0, 0.05) is 25.5 Å². The van der Waals surface area contributed by atoms with Crippen LogP contribution in [0.1, 0.15) is 48.9 Å². The van der Waals surface area contributed by atoms with Crippen molar-refractivity contribution in [3.63, 3.8) is 0 Å². The number of hydrogen-bond acceptors (Lipinski definition) is 6. The lowest BCUT2D eigenvalue weighted by molar-refractivity contribution is 0.136. The summed E-state index contributed by atoms with van der Waals surface area (Å²) >= 11 is 1.56. The number of carbonyl (C=O) groups excluding carboxylic acids is 1. The molecule has 168 valence electrons. The number of hydrogen-bond donors (Lipinski definition) is 1. The molecule has 8 heteroatoms. The van der Waals surface area contributed by atoms with Gasteiger partial charge in [0.25, 0.3) is 5.89 Å². The molecule has 0 aliphatic carbocycles. The van der Waals surface area contributed by atoms with E-state index in [9.17, 15) is 4.79 Å². The summed E-state index contributed by atoms with van der Waals surface area (Å²) in [6.45, 7) is 9.87. The first kappa shape index (κ1) is 22.2. The van der Waals surface area contributed by atoms with E-state index in [1.807, 2.05) is 37.4 Å². The molecule has 1 aromatic carbocycles. The van der Waals surface area contributed by atoms with Crippen LogP contribution in [0, 0.1) is 13.8 Å². The van der Waals surface area contributed by atoms with E-state index in [1.165, 1.54) is 5.56 Å². The van der Waals surface area contributed by atoms with E-state index in [1.54, 1.807) is 16.2 Å². The number of amides is 2. The third-order valence-corrected chi connectivity index (χ3v) is 6.60. The van der Waals surface area contributed by atoms with Gasteiger partial charge < -0.3 is 14.6 Å². The lowest BCUT2D eigenvalue weighted by Gasteiger charge is -2.35. The predicted octanol–water partition coefficient (Wildman–Crippen LogP) is 5.34. The molecule has 1 aliphatic rings. The summed E-state index contributed by atoms with van der Waals surface area (Å²) in [7, 11) is 0. The summed E-state index contributed by atoms with van der Waals surface area (Å²) in [5.74, 6) is 0.970. The Morgan fingerprint density at radius 2 is 2.06 bits per heavy atom. The van der Waals surface area contributed by atoms with Gasteiger partial charge in [0.1, 0.15) is 0 Å². The van der Waals surface area contributed by atoms with Gasteiger partial charge >= 0.3 is 6.03 Å². The fourth-order valence-corrected chi connectivity index (χ4v) is 4.48. The molecule has 0 bridgehead atoms. The average molecular weight is 453 g/mol. The van der Waals surface area contributed by atoms with E-state index in [-0.39, 0.29) is 12.1 Å². The van der Waals surface area contributed by atoms with Crippen molar-refractivity contribution < 1.29 is 14.1 Å². The van der Waals surface area contributed by atoms with Crippen LogP contribution in [-0.2, 0) is 4.74 Å². The van der Waals surface area contributed by atoms with Crippen LogP contribution in [0.3, 0.4) is 0 Å². The van der Waals surface area contributed by atoms with Crippen molar-refractivity contribution in [2.75, 3.05) is 19.8 Å². The van der Waals surface area contributed by atoms with Gasteiger partial charge in [-0.15, -0.1) is 11.3 Å². The Bertz CT molecular complexity index is 1120.